The van der Waals surface area contributed by atoms with Crippen LogP contribution in [0, 0.1) is 0 Å². The van der Waals surface area contributed by atoms with E-state index in [1.807, 2.05) is 18.2 Å². The second kappa shape index (κ2) is 4.39. The van der Waals surface area contributed by atoms with Gasteiger partial charge in [0.05, 0.1) is 5.52 Å². The van der Waals surface area contributed by atoms with Crippen LogP contribution < -0.4 is 11.5 Å². The monoisotopic (exact) mass is 231 g/mol. The van der Waals surface area contributed by atoms with Crippen molar-refractivity contribution in [3.05, 3.63) is 36.0 Å². The lowest BCUT2D eigenvalue weighted by Crippen LogP contribution is -2.32. The predicted octanol–water partition coefficient (Wildman–Crippen LogP) is 0.771. The molecule has 1 atom stereocenters. The highest BCUT2D eigenvalue weighted by atomic mass is 16.4. The van der Waals surface area contributed by atoms with Gasteiger partial charge in [0, 0.05) is 17.3 Å². The van der Waals surface area contributed by atoms with Crippen LogP contribution in [0.15, 0.2) is 30.5 Å². The van der Waals surface area contributed by atoms with E-state index in [2.05, 4.69) is 4.98 Å². The van der Waals surface area contributed by atoms with Gasteiger partial charge < -0.3 is 16.6 Å². The van der Waals surface area contributed by atoms with Crippen LogP contribution >= 0.6 is 0 Å². The van der Waals surface area contributed by atoms with E-state index in [4.69, 9.17) is 16.6 Å². The van der Waals surface area contributed by atoms with Gasteiger partial charge in [0.2, 0.25) is 0 Å². The molecule has 0 bridgehead atoms. The molecule has 1 unspecified atom stereocenters. The molecule has 0 aliphatic heterocycles. The quantitative estimate of drug-likeness (QED) is 0.724. The third-order valence-electron chi connectivity index (χ3n) is 2.61. The average Bonchev–Trinajstić information content (AvgIpc) is 2.30. The molecule has 1 aromatic heterocycles. The van der Waals surface area contributed by atoms with Crippen LogP contribution in [-0.4, -0.2) is 22.1 Å². The van der Waals surface area contributed by atoms with Gasteiger partial charge in [0.1, 0.15) is 6.04 Å². The molecule has 1 heterocycles. The number of nitrogens with two attached hydrogens (primary N) is 2. The maximum atomic E-state index is 10.7. The molecule has 0 amide bonds. The van der Waals surface area contributed by atoms with E-state index in [1.165, 1.54) is 0 Å². The van der Waals surface area contributed by atoms with Crippen molar-refractivity contribution in [1.82, 2.24) is 4.98 Å². The summed E-state index contributed by atoms with van der Waals surface area (Å²) in [5.74, 6) is -1.01. The fraction of sp³-hybridized carbons (Fsp3) is 0.167. The number of benzene rings is 1. The lowest BCUT2D eigenvalue weighted by Gasteiger charge is -2.08. The van der Waals surface area contributed by atoms with E-state index in [1.54, 1.807) is 12.3 Å². The first-order valence-electron chi connectivity index (χ1n) is 5.19. The van der Waals surface area contributed by atoms with Crippen molar-refractivity contribution < 1.29 is 9.90 Å². The molecule has 17 heavy (non-hydrogen) atoms. The predicted molar refractivity (Wildman–Crippen MR) is 65.5 cm³/mol. The number of anilines is 1. The summed E-state index contributed by atoms with van der Waals surface area (Å²) in [5, 5.41) is 9.57. The summed E-state index contributed by atoms with van der Waals surface area (Å²) in [7, 11) is 0. The molecule has 0 radical (unpaired) electrons. The summed E-state index contributed by atoms with van der Waals surface area (Å²) >= 11 is 0. The SMILES string of the molecule is Nc1ccnc2ccc(CC(N)C(=O)O)cc12. The first-order valence-corrected chi connectivity index (χ1v) is 5.19. The number of nitrogens with zero attached hydrogens (tertiary/aromatic N) is 1. The molecule has 0 saturated carbocycles. The summed E-state index contributed by atoms with van der Waals surface area (Å²) in [5.41, 5.74) is 13.6. The number of hydrogen-bond donors (Lipinski definition) is 3. The lowest BCUT2D eigenvalue weighted by atomic mass is 10.0. The van der Waals surface area contributed by atoms with Gasteiger partial charge in [-0.15, -0.1) is 0 Å². The number of carbonyl (C=O) groups is 1. The Hall–Kier alpha value is -2.14. The zero-order valence-electron chi connectivity index (χ0n) is 9.13. The zero-order valence-corrected chi connectivity index (χ0v) is 9.13. The number of nitrogen functional groups attached to an aromatic ring is 1. The summed E-state index contributed by atoms with van der Waals surface area (Å²) in [6.45, 7) is 0. The van der Waals surface area contributed by atoms with Gasteiger partial charge in [0.25, 0.3) is 0 Å². The Kier molecular flexibility index (Phi) is 2.93. The van der Waals surface area contributed by atoms with Crippen LogP contribution in [0.2, 0.25) is 0 Å². The molecular formula is C12H13N3O2. The van der Waals surface area contributed by atoms with Gasteiger partial charge in [-0.25, -0.2) is 0 Å². The highest BCUT2D eigenvalue weighted by Crippen LogP contribution is 2.20. The van der Waals surface area contributed by atoms with Crippen molar-refractivity contribution in [3.63, 3.8) is 0 Å². The van der Waals surface area contributed by atoms with Crippen LogP contribution in [0.1, 0.15) is 5.56 Å². The third-order valence-corrected chi connectivity index (χ3v) is 2.61. The van der Waals surface area contributed by atoms with Crippen LogP contribution in [0.5, 0.6) is 0 Å². The van der Waals surface area contributed by atoms with Gasteiger partial charge in [-0.1, -0.05) is 6.07 Å². The Bertz CT molecular complexity index is 569. The van der Waals surface area contributed by atoms with Crippen molar-refractivity contribution in [3.8, 4) is 0 Å². The van der Waals surface area contributed by atoms with Gasteiger partial charge in [-0.2, -0.15) is 0 Å². The van der Waals surface area contributed by atoms with Crippen molar-refractivity contribution in [2.45, 2.75) is 12.5 Å². The normalized spacial score (nSPS) is 12.5. The molecule has 2 aromatic rings. The minimum absolute atomic E-state index is 0.277. The number of carboxylic acid groups (broad SMARTS) is 1. The number of pyridine rings is 1. The van der Waals surface area contributed by atoms with E-state index < -0.39 is 12.0 Å². The van der Waals surface area contributed by atoms with E-state index >= 15 is 0 Å². The first-order chi connectivity index (χ1) is 8.08. The number of fused-ring (bicyclic) bond motifs is 1. The molecule has 0 saturated heterocycles. The lowest BCUT2D eigenvalue weighted by molar-refractivity contribution is -0.138. The Labute approximate surface area is 98.1 Å². The molecule has 0 spiro atoms. The molecule has 5 N–H and O–H groups in total. The van der Waals surface area contributed by atoms with E-state index in [-0.39, 0.29) is 6.42 Å². The van der Waals surface area contributed by atoms with Crippen molar-refractivity contribution >= 4 is 22.6 Å². The van der Waals surface area contributed by atoms with Gasteiger partial charge in [-0.05, 0) is 30.2 Å². The summed E-state index contributed by atoms with van der Waals surface area (Å²) in [6.07, 6.45) is 1.92. The molecule has 1 aromatic carbocycles. The number of aromatic nitrogens is 1. The molecule has 5 heteroatoms. The van der Waals surface area contributed by atoms with Crippen LogP contribution in [0.3, 0.4) is 0 Å². The van der Waals surface area contributed by atoms with Gasteiger partial charge in [0.15, 0.2) is 0 Å². The number of aliphatic carboxylic acids is 1. The summed E-state index contributed by atoms with van der Waals surface area (Å²) < 4.78 is 0. The fourth-order valence-corrected chi connectivity index (χ4v) is 1.68. The van der Waals surface area contributed by atoms with Crippen molar-refractivity contribution in [2.75, 3.05) is 5.73 Å². The molecule has 2 rings (SSSR count). The maximum Gasteiger partial charge on any atom is 0.320 e. The van der Waals surface area contributed by atoms with E-state index in [9.17, 15) is 4.79 Å². The number of rotatable bonds is 3. The maximum absolute atomic E-state index is 10.7. The Morgan fingerprint density at radius 2 is 2.18 bits per heavy atom. The molecule has 0 fully saturated rings. The van der Waals surface area contributed by atoms with Crippen LogP contribution in [0.4, 0.5) is 5.69 Å². The van der Waals surface area contributed by atoms with Gasteiger partial charge in [-0.3, -0.25) is 9.78 Å². The molecule has 0 aliphatic carbocycles. The minimum Gasteiger partial charge on any atom is -0.480 e. The summed E-state index contributed by atoms with van der Waals surface area (Å²) in [6, 6.07) is 6.28. The van der Waals surface area contributed by atoms with Crippen molar-refractivity contribution in [2.24, 2.45) is 5.73 Å². The number of carboxylic acids is 1. The minimum atomic E-state index is -1.01. The van der Waals surface area contributed by atoms with E-state index in [0.717, 1.165) is 16.5 Å². The molecule has 0 aliphatic rings. The second-order valence-corrected chi connectivity index (χ2v) is 3.90. The standard InChI is InChI=1S/C12H13N3O2/c13-9-3-4-15-11-2-1-7(5-8(9)11)6-10(14)12(16)17/h1-5,10H,6,14H2,(H2,13,15)(H,16,17). The third kappa shape index (κ3) is 2.34. The molecular weight excluding hydrogens is 218 g/mol. The largest absolute Gasteiger partial charge is 0.480 e. The zero-order chi connectivity index (χ0) is 12.4. The number of hydrogen-bond acceptors (Lipinski definition) is 4. The summed E-state index contributed by atoms with van der Waals surface area (Å²) in [4.78, 5) is 14.8. The Morgan fingerprint density at radius 1 is 1.41 bits per heavy atom. The van der Waals surface area contributed by atoms with Crippen LogP contribution in [0.25, 0.3) is 10.9 Å². The highest BCUT2D eigenvalue weighted by Gasteiger charge is 2.12. The smallest absolute Gasteiger partial charge is 0.320 e. The van der Waals surface area contributed by atoms with Crippen LogP contribution in [-0.2, 0) is 11.2 Å². The topological polar surface area (TPSA) is 102 Å². The Morgan fingerprint density at radius 3 is 2.88 bits per heavy atom. The van der Waals surface area contributed by atoms with E-state index in [0.29, 0.717) is 5.69 Å². The second-order valence-electron chi connectivity index (χ2n) is 3.90. The fourth-order valence-electron chi connectivity index (χ4n) is 1.68. The highest BCUT2D eigenvalue weighted by molar-refractivity contribution is 5.90. The average molecular weight is 231 g/mol. The van der Waals surface area contributed by atoms with Crippen molar-refractivity contribution in [1.29, 1.82) is 0 Å². The molecule has 5 nitrogen and oxygen atoms in total. The first kappa shape index (κ1) is 11.3. The Balaban J connectivity index is 2.37. The van der Waals surface area contributed by atoms with Gasteiger partial charge >= 0.3 is 5.97 Å². The molecule has 88 valence electrons.